The zero-order valence-electron chi connectivity index (χ0n) is 12.8. The van der Waals surface area contributed by atoms with Gasteiger partial charge >= 0.3 is 5.97 Å². The lowest BCUT2D eigenvalue weighted by Crippen LogP contribution is -2.46. The van der Waals surface area contributed by atoms with Crippen molar-refractivity contribution >= 4 is 11.9 Å². The largest absolute Gasteiger partial charge is 0.481 e. The molecule has 1 aliphatic heterocycles. The molecule has 0 aliphatic carbocycles. The Morgan fingerprint density at radius 1 is 1.24 bits per heavy atom. The lowest BCUT2D eigenvalue weighted by molar-refractivity contribution is -0.154. The van der Waals surface area contributed by atoms with E-state index in [9.17, 15) is 14.7 Å². The lowest BCUT2D eigenvalue weighted by Gasteiger charge is -2.38. The molecule has 0 atom stereocenters. The van der Waals surface area contributed by atoms with Crippen LogP contribution < -0.4 is 0 Å². The highest BCUT2D eigenvalue weighted by molar-refractivity contribution is 5.80. The summed E-state index contributed by atoms with van der Waals surface area (Å²) in [5, 5.41) is 9.38. The molecule has 0 spiro atoms. The molecule has 0 saturated carbocycles. The van der Waals surface area contributed by atoms with E-state index in [4.69, 9.17) is 0 Å². The van der Waals surface area contributed by atoms with E-state index >= 15 is 0 Å². The summed E-state index contributed by atoms with van der Waals surface area (Å²) < 4.78 is 0. The van der Waals surface area contributed by atoms with Gasteiger partial charge in [-0.05, 0) is 37.3 Å². The van der Waals surface area contributed by atoms with E-state index in [1.165, 1.54) is 0 Å². The summed E-state index contributed by atoms with van der Waals surface area (Å²) in [4.78, 5) is 25.6. The Balaban J connectivity index is 1.98. The molecule has 2 rings (SSSR count). The molecular formula is C17H23NO3. The summed E-state index contributed by atoms with van der Waals surface area (Å²) in [6.45, 7) is 5.01. The molecule has 1 aliphatic rings. The van der Waals surface area contributed by atoms with Gasteiger partial charge in [0.15, 0.2) is 0 Å². The second kappa shape index (κ2) is 6.29. The Morgan fingerprint density at radius 2 is 1.86 bits per heavy atom. The van der Waals surface area contributed by atoms with Crippen LogP contribution in [0.4, 0.5) is 0 Å². The van der Waals surface area contributed by atoms with Crippen LogP contribution in [0.2, 0.25) is 0 Å². The monoisotopic (exact) mass is 289 g/mol. The van der Waals surface area contributed by atoms with Crippen LogP contribution in [-0.2, 0) is 16.0 Å². The van der Waals surface area contributed by atoms with Gasteiger partial charge in [0.1, 0.15) is 0 Å². The maximum Gasteiger partial charge on any atom is 0.309 e. The minimum atomic E-state index is -0.726. The molecule has 1 N–H and O–H groups in total. The Morgan fingerprint density at radius 3 is 2.38 bits per heavy atom. The molecule has 1 aromatic carbocycles. The van der Waals surface area contributed by atoms with Crippen molar-refractivity contribution < 1.29 is 14.7 Å². The first-order valence-corrected chi connectivity index (χ1v) is 7.54. The van der Waals surface area contributed by atoms with Crippen LogP contribution in [0.15, 0.2) is 24.3 Å². The summed E-state index contributed by atoms with van der Waals surface area (Å²) in [6.07, 6.45) is 2.14. The van der Waals surface area contributed by atoms with Crippen molar-refractivity contribution in [1.82, 2.24) is 4.90 Å². The van der Waals surface area contributed by atoms with Gasteiger partial charge < -0.3 is 10.0 Å². The number of likely N-dealkylation sites (tertiary alicyclic amines) is 1. The van der Waals surface area contributed by atoms with Crippen LogP contribution in [0.3, 0.4) is 0 Å². The maximum atomic E-state index is 12.4. The summed E-state index contributed by atoms with van der Waals surface area (Å²) >= 11 is 0. The number of rotatable bonds is 4. The molecule has 1 aromatic rings. The third-order valence-corrected chi connectivity index (χ3v) is 4.81. The Kier molecular flexibility index (Phi) is 4.66. The molecule has 1 amide bonds. The average Bonchev–Trinajstić information content (AvgIpc) is 2.49. The first kappa shape index (κ1) is 15.5. The fraction of sp³-hybridized carbons (Fsp3) is 0.529. The van der Waals surface area contributed by atoms with Crippen LogP contribution in [0, 0.1) is 12.3 Å². The molecular weight excluding hydrogens is 266 g/mol. The van der Waals surface area contributed by atoms with Gasteiger partial charge in [-0.1, -0.05) is 31.2 Å². The highest BCUT2D eigenvalue weighted by atomic mass is 16.4. The van der Waals surface area contributed by atoms with Crippen LogP contribution in [-0.4, -0.2) is 35.0 Å². The van der Waals surface area contributed by atoms with Crippen molar-refractivity contribution in [2.45, 2.75) is 39.5 Å². The minimum absolute atomic E-state index is 0.0967. The van der Waals surface area contributed by atoms with E-state index < -0.39 is 11.4 Å². The molecule has 0 bridgehead atoms. The predicted octanol–water partition coefficient (Wildman–Crippen LogP) is 2.64. The smallest absolute Gasteiger partial charge is 0.309 e. The third kappa shape index (κ3) is 3.26. The predicted molar refractivity (Wildman–Crippen MR) is 81.1 cm³/mol. The SMILES string of the molecule is CCC1(C(=O)O)CCN(C(=O)Cc2ccccc2C)CC1. The summed E-state index contributed by atoms with van der Waals surface area (Å²) in [5.74, 6) is -0.629. The van der Waals surface area contributed by atoms with Gasteiger partial charge in [0.2, 0.25) is 5.91 Å². The van der Waals surface area contributed by atoms with E-state index in [0.29, 0.717) is 38.8 Å². The van der Waals surface area contributed by atoms with Crippen LogP contribution >= 0.6 is 0 Å². The van der Waals surface area contributed by atoms with Crippen molar-refractivity contribution in [1.29, 1.82) is 0 Å². The van der Waals surface area contributed by atoms with Crippen molar-refractivity contribution in [3.63, 3.8) is 0 Å². The molecule has 1 fully saturated rings. The topological polar surface area (TPSA) is 57.6 Å². The van der Waals surface area contributed by atoms with Crippen molar-refractivity contribution in [2.75, 3.05) is 13.1 Å². The summed E-state index contributed by atoms with van der Waals surface area (Å²) in [6, 6.07) is 7.89. The van der Waals surface area contributed by atoms with Crippen LogP contribution in [0.1, 0.15) is 37.3 Å². The number of aliphatic carboxylic acids is 1. The number of hydrogen-bond donors (Lipinski definition) is 1. The van der Waals surface area contributed by atoms with Crippen LogP contribution in [0.5, 0.6) is 0 Å². The first-order valence-electron chi connectivity index (χ1n) is 7.54. The highest BCUT2D eigenvalue weighted by Gasteiger charge is 2.40. The number of carbonyl (C=O) groups excluding carboxylic acids is 1. The van der Waals surface area contributed by atoms with Gasteiger partial charge in [-0.25, -0.2) is 0 Å². The number of nitrogens with zero attached hydrogens (tertiary/aromatic N) is 1. The molecule has 0 radical (unpaired) electrons. The van der Waals surface area contributed by atoms with Crippen molar-refractivity contribution in [3.05, 3.63) is 35.4 Å². The number of carbonyl (C=O) groups is 2. The first-order chi connectivity index (χ1) is 9.98. The standard InChI is InChI=1S/C17H23NO3/c1-3-17(16(20)21)8-10-18(11-9-17)15(19)12-14-7-5-4-6-13(14)2/h4-7H,3,8-12H2,1-2H3,(H,20,21). The fourth-order valence-electron chi connectivity index (χ4n) is 2.99. The molecule has 0 unspecified atom stereocenters. The van der Waals surface area contributed by atoms with E-state index in [0.717, 1.165) is 11.1 Å². The van der Waals surface area contributed by atoms with Crippen molar-refractivity contribution in [3.8, 4) is 0 Å². The van der Waals surface area contributed by atoms with Crippen molar-refractivity contribution in [2.24, 2.45) is 5.41 Å². The van der Waals surface area contributed by atoms with E-state index in [1.807, 2.05) is 43.0 Å². The van der Waals surface area contributed by atoms with Gasteiger partial charge in [0.25, 0.3) is 0 Å². The van der Waals surface area contributed by atoms with E-state index in [-0.39, 0.29) is 5.91 Å². The Labute approximate surface area is 125 Å². The van der Waals surface area contributed by atoms with Gasteiger partial charge in [-0.15, -0.1) is 0 Å². The third-order valence-electron chi connectivity index (χ3n) is 4.81. The molecule has 1 heterocycles. The van der Waals surface area contributed by atoms with Gasteiger partial charge in [0.05, 0.1) is 11.8 Å². The second-order valence-corrected chi connectivity index (χ2v) is 5.92. The number of piperidine rings is 1. The number of aryl methyl sites for hydroxylation is 1. The molecule has 4 nitrogen and oxygen atoms in total. The number of benzene rings is 1. The minimum Gasteiger partial charge on any atom is -0.481 e. The molecule has 114 valence electrons. The zero-order chi connectivity index (χ0) is 15.5. The highest BCUT2D eigenvalue weighted by Crippen LogP contribution is 2.35. The van der Waals surface area contributed by atoms with Crippen LogP contribution in [0.25, 0.3) is 0 Å². The zero-order valence-corrected chi connectivity index (χ0v) is 12.8. The van der Waals surface area contributed by atoms with E-state index in [1.54, 1.807) is 0 Å². The summed E-state index contributed by atoms with van der Waals surface area (Å²) in [5.41, 5.74) is 1.53. The number of amides is 1. The molecule has 4 heteroatoms. The Hall–Kier alpha value is -1.84. The summed E-state index contributed by atoms with van der Waals surface area (Å²) in [7, 11) is 0. The fourth-order valence-corrected chi connectivity index (χ4v) is 2.99. The molecule has 1 saturated heterocycles. The van der Waals surface area contributed by atoms with Gasteiger partial charge in [0, 0.05) is 13.1 Å². The van der Waals surface area contributed by atoms with E-state index in [2.05, 4.69) is 0 Å². The number of carboxylic acids is 1. The number of hydrogen-bond acceptors (Lipinski definition) is 2. The number of carboxylic acid groups (broad SMARTS) is 1. The Bertz CT molecular complexity index is 531. The second-order valence-electron chi connectivity index (χ2n) is 5.92. The molecule has 21 heavy (non-hydrogen) atoms. The quantitative estimate of drug-likeness (QED) is 0.927. The van der Waals surface area contributed by atoms with Gasteiger partial charge in [-0.2, -0.15) is 0 Å². The average molecular weight is 289 g/mol. The molecule has 0 aromatic heterocycles. The maximum absolute atomic E-state index is 12.4. The lowest BCUT2D eigenvalue weighted by atomic mass is 9.76. The normalized spacial score (nSPS) is 17.5. The van der Waals surface area contributed by atoms with Gasteiger partial charge in [-0.3, -0.25) is 9.59 Å².